The van der Waals surface area contributed by atoms with Gasteiger partial charge in [0.2, 0.25) is 5.91 Å². The van der Waals surface area contributed by atoms with Crippen molar-refractivity contribution in [3.05, 3.63) is 29.3 Å². The molecule has 0 unspecified atom stereocenters. The van der Waals surface area contributed by atoms with Gasteiger partial charge in [0.25, 0.3) is 0 Å². The van der Waals surface area contributed by atoms with Crippen molar-refractivity contribution in [2.75, 3.05) is 36.5 Å². The lowest BCUT2D eigenvalue weighted by Crippen LogP contribution is -2.42. The Labute approximate surface area is 163 Å². The summed E-state index contributed by atoms with van der Waals surface area (Å²) in [6, 6.07) is 7.06. The Hall–Kier alpha value is -0.670. The van der Waals surface area contributed by atoms with E-state index in [0.29, 0.717) is 30.4 Å². The van der Waals surface area contributed by atoms with Gasteiger partial charge in [-0.05, 0) is 30.7 Å². The lowest BCUT2D eigenvalue weighted by molar-refractivity contribution is -0.116. The van der Waals surface area contributed by atoms with Crippen LogP contribution in [0, 0.1) is 0 Å². The molecule has 1 aliphatic rings. The fourth-order valence-corrected chi connectivity index (χ4v) is 3.11. The maximum absolute atomic E-state index is 11.8. The first kappa shape index (κ1) is 20.4. The predicted molar refractivity (Wildman–Crippen MR) is 110 cm³/mol. The second-order valence-corrected chi connectivity index (χ2v) is 6.66. The Morgan fingerprint density at radius 3 is 2.61 bits per heavy atom. The van der Waals surface area contributed by atoms with Gasteiger partial charge < -0.3 is 16.0 Å². The Bertz CT molecular complexity index is 521. The number of anilines is 1. The molecule has 0 bridgehead atoms. The van der Waals surface area contributed by atoms with E-state index in [1.54, 1.807) is 24.3 Å². The van der Waals surface area contributed by atoms with Crippen LogP contribution in [0.2, 0.25) is 5.02 Å². The average Bonchev–Trinajstić information content (AvgIpc) is 2.54. The quantitative estimate of drug-likeness (QED) is 0.302. The number of rotatable bonds is 5. The van der Waals surface area contributed by atoms with Crippen LogP contribution in [0.25, 0.3) is 0 Å². The molecule has 8 heteroatoms. The SMILES string of the molecule is I.NC(=NCCCC(=O)Nc1ccc(Cl)cc1)N1CCSCC1. The third-order valence-corrected chi connectivity index (χ3v) is 4.49. The van der Waals surface area contributed by atoms with Crippen LogP contribution < -0.4 is 11.1 Å². The first-order chi connectivity index (χ1) is 10.6. The molecule has 1 amide bonds. The van der Waals surface area contributed by atoms with Crippen LogP contribution in [0.1, 0.15) is 12.8 Å². The molecule has 1 fully saturated rings. The van der Waals surface area contributed by atoms with E-state index in [4.69, 9.17) is 17.3 Å². The van der Waals surface area contributed by atoms with Crippen molar-refractivity contribution in [2.45, 2.75) is 12.8 Å². The first-order valence-electron chi connectivity index (χ1n) is 7.33. The third-order valence-electron chi connectivity index (χ3n) is 3.30. The monoisotopic (exact) mass is 468 g/mol. The summed E-state index contributed by atoms with van der Waals surface area (Å²) >= 11 is 7.74. The first-order valence-corrected chi connectivity index (χ1v) is 8.86. The van der Waals surface area contributed by atoms with Crippen LogP contribution >= 0.6 is 47.3 Å². The predicted octanol–water partition coefficient (Wildman–Crippen LogP) is 3.04. The fourth-order valence-electron chi connectivity index (χ4n) is 2.08. The van der Waals surface area contributed by atoms with Gasteiger partial charge >= 0.3 is 0 Å². The van der Waals surface area contributed by atoms with E-state index in [-0.39, 0.29) is 29.9 Å². The number of nitrogens with zero attached hydrogens (tertiary/aromatic N) is 2. The maximum atomic E-state index is 11.8. The van der Waals surface area contributed by atoms with Crippen molar-refractivity contribution in [1.29, 1.82) is 0 Å². The minimum atomic E-state index is -0.0227. The summed E-state index contributed by atoms with van der Waals surface area (Å²) in [5.41, 5.74) is 6.71. The van der Waals surface area contributed by atoms with Crippen molar-refractivity contribution in [3.63, 3.8) is 0 Å². The summed E-state index contributed by atoms with van der Waals surface area (Å²) in [6.07, 6.45) is 1.11. The van der Waals surface area contributed by atoms with Crippen LogP contribution in [0.5, 0.6) is 0 Å². The molecule has 23 heavy (non-hydrogen) atoms. The number of nitrogens with one attached hydrogen (secondary N) is 1. The number of aliphatic imine (C=N–C) groups is 1. The van der Waals surface area contributed by atoms with Gasteiger partial charge in [0.15, 0.2) is 5.96 Å². The van der Waals surface area contributed by atoms with E-state index in [0.717, 1.165) is 30.3 Å². The number of amides is 1. The van der Waals surface area contributed by atoms with Gasteiger partial charge in [0, 0.05) is 48.3 Å². The number of hydrogen-bond acceptors (Lipinski definition) is 3. The molecular formula is C15H22ClIN4OS. The second kappa shape index (κ2) is 11.0. The number of nitrogens with two attached hydrogens (primary N) is 1. The molecule has 0 aliphatic carbocycles. The molecule has 3 N–H and O–H groups in total. The van der Waals surface area contributed by atoms with E-state index in [1.807, 2.05) is 11.8 Å². The molecule has 1 aliphatic heterocycles. The summed E-state index contributed by atoms with van der Waals surface area (Å²) in [7, 11) is 0. The Kier molecular flexibility index (Phi) is 9.73. The second-order valence-electron chi connectivity index (χ2n) is 5.00. The van der Waals surface area contributed by atoms with Gasteiger partial charge in [0.05, 0.1) is 0 Å². The van der Waals surface area contributed by atoms with E-state index < -0.39 is 0 Å². The Morgan fingerprint density at radius 2 is 1.96 bits per heavy atom. The molecule has 1 aromatic carbocycles. The average molecular weight is 469 g/mol. The highest BCUT2D eigenvalue weighted by Gasteiger charge is 2.11. The Morgan fingerprint density at radius 1 is 1.30 bits per heavy atom. The summed E-state index contributed by atoms with van der Waals surface area (Å²) in [4.78, 5) is 18.3. The number of carbonyl (C=O) groups is 1. The molecule has 0 radical (unpaired) electrons. The molecular weight excluding hydrogens is 447 g/mol. The van der Waals surface area contributed by atoms with Crippen LogP contribution in [0.3, 0.4) is 0 Å². The topological polar surface area (TPSA) is 70.7 Å². The zero-order valence-electron chi connectivity index (χ0n) is 12.8. The zero-order chi connectivity index (χ0) is 15.8. The van der Waals surface area contributed by atoms with E-state index in [1.165, 1.54) is 0 Å². The molecule has 1 heterocycles. The van der Waals surface area contributed by atoms with Gasteiger partial charge in [-0.2, -0.15) is 11.8 Å². The molecule has 0 aromatic heterocycles. The van der Waals surface area contributed by atoms with Crippen LogP contribution in [-0.4, -0.2) is 47.9 Å². The lowest BCUT2D eigenvalue weighted by Gasteiger charge is -2.27. The van der Waals surface area contributed by atoms with Crippen LogP contribution in [0.4, 0.5) is 5.69 Å². The summed E-state index contributed by atoms with van der Waals surface area (Å²) < 4.78 is 0. The van der Waals surface area contributed by atoms with E-state index >= 15 is 0 Å². The van der Waals surface area contributed by atoms with Crippen molar-refractivity contribution in [2.24, 2.45) is 10.7 Å². The summed E-state index contributed by atoms with van der Waals surface area (Å²) in [5, 5.41) is 3.48. The zero-order valence-corrected chi connectivity index (χ0v) is 16.7. The van der Waals surface area contributed by atoms with Crippen molar-refractivity contribution in [3.8, 4) is 0 Å². The van der Waals surface area contributed by atoms with Gasteiger partial charge in [-0.3, -0.25) is 9.79 Å². The van der Waals surface area contributed by atoms with Crippen LogP contribution in [-0.2, 0) is 4.79 Å². The van der Waals surface area contributed by atoms with Crippen molar-refractivity contribution < 1.29 is 4.79 Å². The van der Waals surface area contributed by atoms with Gasteiger partial charge in [0.1, 0.15) is 0 Å². The van der Waals surface area contributed by atoms with Crippen LogP contribution in [0.15, 0.2) is 29.3 Å². The highest BCUT2D eigenvalue weighted by molar-refractivity contribution is 14.0. The number of guanidine groups is 1. The lowest BCUT2D eigenvalue weighted by atomic mass is 10.2. The number of hydrogen-bond donors (Lipinski definition) is 2. The largest absolute Gasteiger partial charge is 0.370 e. The number of halogens is 2. The van der Waals surface area contributed by atoms with Gasteiger partial charge in [-0.15, -0.1) is 24.0 Å². The van der Waals surface area contributed by atoms with Crippen molar-refractivity contribution >= 4 is 64.9 Å². The molecule has 0 saturated carbocycles. The third kappa shape index (κ3) is 7.63. The standard InChI is InChI=1S/C15H21ClN4OS.HI/c16-12-3-5-13(6-4-12)19-14(21)2-1-7-18-15(17)20-8-10-22-11-9-20;/h3-6H,1-2,7-11H2,(H2,17,18)(H,19,21);1H. The minimum Gasteiger partial charge on any atom is -0.370 e. The minimum absolute atomic E-state index is 0. The van der Waals surface area contributed by atoms with E-state index in [2.05, 4.69) is 15.2 Å². The molecule has 1 aromatic rings. The molecule has 2 rings (SSSR count). The normalized spacial score (nSPS) is 15.0. The molecule has 128 valence electrons. The maximum Gasteiger partial charge on any atom is 0.224 e. The number of carbonyl (C=O) groups excluding carboxylic acids is 1. The summed E-state index contributed by atoms with van der Waals surface area (Å²) in [6.45, 7) is 2.48. The van der Waals surface area contributed by atoms with Gasteiger partial charge in [-0.25, -0.2) is 0 Å². The molecule has 5 nitrogen and oxygen atoms in total. The summed E-state index contributed by atoms with van der Waals surface area (Å²) in [5.74, 6) is 2.77. The Balaban J connectivity index is 0.00000264. The number of benzene rings is 1. The molecule has 0 atom stereocenters. The molecule has 1 saturated heterocycles. The smallest absolute Gasteiger partial charge is 0.224 e. The molecule has 0 spiro atoms. The van der Waals surface area contributed by atoms with Gasteiger partial charge in [-0.1, -0.05) is 11.6 Å². The van der Waals surface area contributed by atoms with Crippen molar-refractivity contribution in [1.82, 2.24) is 4.90 Å². The highest BCUT2D eigenvalue weighted by Crippen LogP contribution is 2.13. The van der Waals surface area contributed by atoms with E-state index in [9.17, 15) is 4.79 Å². The fraction of sp³-hybridized carbons (Fsp3) is 0.467. The highest BCUT2D eigenvalue weighted by atomic mass is 127. The number of thioether (sulfide) groups is 1.